The van der Waals surface area contributed by atoms with E-state index in [9.17, 15) is 13.2 Å². The molecule has 4 rings (SSSR count). The van der Waals surface area contributed by atoms with Crippen molar-refractivity contribution in [3.05, 3.63) is 65.5 Å². The molecule has 1 atom stereocenters. The van der Waals surface area contributed by atoms with Gasteiger partial charge in [-0.3, -0.25) is 9.48 Å². The van der Waals surface area contributed by atoms with Gasteiger partial charge in [-0.25, -0.2) is 18.5 Å². The Balaban J connectivity index is 1.75. The summed E-state index contributed by atoms with van der Waals surface area (Å²) in [5, 5.41) is 10.3. The van der Waals surface area contributed by atoms with Crippen LogP contribution in [-0.4, -0.2) is 41.0 Å². The first-order valence-electron chi connectivity index (χ1n) is 9.86. The summed E-state index contributed by atoms with van der Waals surface area (Å²) in [4.78, 5) is 19.9. The van der Waals surface area contributed by atoms with Gasteiger partial charge >= 0.3 is 0 Å². The number of primary sulfonamides is 1. The number of hydrogen-bond acceptors (Lipinski definition) is 6. The maximum atomic E-state index is 13.6. The number of fused-ring (bicyclic) bond motifs is 1. The van der Waals surface area contributed by atoms with E-state index in [0.717, 1.165) is 5.56 Å². The van der Waals surface area contributed by atoms with Gasteiger partial charge in [-0.2, -0.15) is 5.10 Å². The molecule has 1 aromatic carbocycles. The first-order valence-corrected chi connectivity index (χ1v) is 11.4. The molecule has 166 valence electrons. The van der Waals surface area contributed by atoms with Gasteiger partial charge in [0.05, 0.1) is 33.8 Å². The molecule has 0 bridgehead atoms. The number of carbonyl (C=O) groups excluding carboxylic acids is 1. The van der Waals surface area contributed by atoms with Gasteiger partial charge in [-0.15, -0.1) is 0 Å². The van der Waals surface area contributed by atoms with Crippen molar-refractivity contribution in [3.8, 4) is 11.5 Å². The first-order chi connectivity index (χ1) is 15.1. The molecule has 32 heavy (non-hydrogen) atoms. The Hall–Kier alpha value is -3.50. The summed E-state index contributed by atoms with van der Waals surface area (Å²) in [7, 11) is -0.304. The lowest BCUT2D eigenvalue weighted by molar-refractivity contribution is 0.0744. The van der Waals surface area contributed by atoms with Crippen molar-refractivity contribution in [1.82, 2.24) is 19.7 Å². The number of carbonyl (C=O) groups is 1. The molecule has 0 fully saturated rings. The van der Waals surface area contributed by atoms with E-state index in [2.05, 4.69) is 10.1 Å². The minimum atomic E-state index is -3.78. The molecule has 4 aromatic rings. The molecule has 1 amide bonds. The molecular weight excluding hydrogens is 430 g/mol. The average Bonchev–Trinajstić information content (AvgIpc) is 3.40. The van der Waals surface area contributed by atoms with Crippen molar-refractivity contribution < 1.29 is 17.6 Å². The normalized spacial score (nSPS) is 12.8. The molecule has 2 N–H and O–H groups in total. The predicted octanol–water partition coefficient (Wildman–Crippen LogP) is 3.02. The van der Waals surface area contributed by atoms with Gasteiger partial charge in [0.25, 0.3) is 5.91 Å². The number of furan rings is 1. The van der Waals surface area contributed by atoms with Crippen molar-refractivity contribution in [3.63, 3.8) is 0 Å². The summed E-state index contributed by atoms with van der Waals surface area (Å²) < 4.78 is 30.2. The number of hydrogen-bond donors (Lipinski definition) is 1. The minimum Gasteiger partial charge on any atom is -0.463 e. The Labute approximate surface area is 185 Å². The lowest BCUT2D eigenvalue weighted by Crippen LogP contribution is -2.30. The molecular formula is C22H23N5O4S. The summed E-state index contributed by atoms with van der Waals surface area (Å²) in [6, 6.07) is 11.1. The molecule has 9 nitrogen and oxygen atoms in total. The summed E-state index contributed by atoms with van der Waals surface area (Å²) in [5.74, 6) is 0.332. The van der Waals surface area contributed by atoms with E-state index in [1.807, 2.05) is 13.8 Å². The third-order valence-corrected chi connectivity index (χ3v) is 6.49. The van der Waals surface area contributed by atoms with Gasteiger partial charge in [-0.05, 0) is 49.7 Å². The zero-order chi connectivity index (χ0) is 23.2. The number of amides is 1. The maximum Gasteiger partial charge on any atom is 0.254 e. The topological polar surface area (TPSA) is 124 Å². The number of aryl methyl sites for hydroxylation is 2. The van der Waals surface area contributed by atoms with Crippen LogP contribution >= 0.6 is 0 Å². The van der Waals surface area contributed by atoms with E-state index in [0.29, 0.717) is 33.7 Å². The quantitative estimate of drug-likeness (QED) is 0.495. The van der Waals surface area contributed by atoms with Crippen molar-refractivity contribution in [2.45, 2.75) is 24.8 Å². The molecule has 1 unspecified atom stereocenters. The second-order valence-electron chi connectivity index (χ2n) is 7.65. The van der Waals surface area contributed by atoms with Crippen LogP contribution in [0, 0.1) is 6.92 Å². The third kappa shape index (κ3) is 3.78. The molecule has 10 heteroatoms. The Morgan fingerprint density at radius 1 is 1.22 bits per heavy atom. The van der Waals surface area contributed by atoms with Crippen LogP contribution in [0.5, 0.6) is 0 Å². The molecule has 0 radical (unpaired) electrons. The second kappa shape index (κ2) is 7.88. The summed E-state index contributed by atoms with van der Waals surface area (Å²) in [5.41, 5.74) is 3.05. The van der Waals surface area contributed by atoms with Crippen molar-refractivity contribution in [1.29, 1.82) is 0 Å². The van der Waals surface area contributed by atoms with Gasteiger partial charge in [0.1, 0.15) is 5.69 Å². The van der Waals surface area contributed by atoms with E-state index in [4.69, 9.17) is 9.56 Å². The molecule has 3 heterocycles. The second-order valence-corrected chi connectivity index (χ2v) is 9.21. The van der Waals surface area contributed by atoms with Crippen molar-refractivity contribution in [2.24, 2.45) is 12.2 Å². The van der Waals surface area contributed by atoms with Crippen molar-refractivity contribution >= 4 is 27.0 Å². The zero-order valence-corrected chi connectivity index (χ0v) is 18.9. The molecule has 0 aliphatic rings. The minimum absolute atomic E-state index is 0.0207. The Kier molecular flexibility index (Phi) is 5.35. The largest absolute Gasteiger partial charge is 0.463 e. The van der Waals surface area contributed by atoms with Gasteiger partial charge in [-0.1, -0.05) is 12.1 Å². The lowest BCUT2D eigenvalue weighted by atomic mass is 10.0. The Bertz CT molecular complexity index is 1410. The van der Waals surface area contributed by atoms with Gasteiger partial charge in [0, 0.05) is 14.1 Å². The van der Waals surface area contributed by atoms with E-state index in [1.54, 1.807) is 60.3 Å². The van der Waals surface area contributed by atoms with Crippen LogP contribution in [0.15, 0.2) is 58.0 Å². The number of benzene rings is 1. The smallest absolute Gasteiger partial charge is 0.254 e. The number of pyridine rings is 1. The van der Waals surface area contributed by atoms with Crippen LogP contribution in [0.25, 0.3) is 22.5 Å². The fraction of sp³-hybridized carbons (Fsp3) is 0.227. The van der Waals surface area contributed by atoms with E-state index < -0.39 is 10.0 Å². The zero-order valence-electron chi connectivity index (χ0n) is 18.1. The van der Waals surface area contributed by atoms with E-state index in [-0.39, 0.29) is 16.8 Å². The van der Waals surface area contributed by atoms with Gasteiger partial charge in [0.2, 0.25) is 10.0 Å². The van der Waals surface area contributed by atoms with Crippen LogP contribution in [0.1, 0.15) is 34.6 Å². The predicted molar refractivity (Wildman–Crippen MR) is 119 cm³/mol. The van der Waals surface area contributed by atoms with Crippen LogP contribution in [-0.2, 0) is 17.1 Å². The van der Waals surface area contributed by atoms with E-state index in [1.165, 1.54) is 12.1 Å². The number of nitrogens with zero attached hydrogens (tertiary/aromatic N) is 4. The van der Waals surface area contributed by atoms with Gasteiger partial charge < -0.3 is 9.32 Å². The highest BCUT2D eigenvalue weighted by atomic mass is 32.2. The molecule has 0 saturated heterocycles. The van der Waals surface area contributed by atoms with Crippen LogP contribution in [0.3, 0.4) is 0 Å². The Morgan fingerprint density at radius 2 is 1.91 bits per heavy atom. The lowest BCUT2D eigenvalue weighted by Gasteiger charge is -2.26. The highest BCUT2D eigenvalue weighted by Gasteiger charge is 2.25. The van der Waals surface area contributed by atoms with Crippen molar-refractivity contribution in [2.75, 3.05) is 7.05 Å². The number of rotatable bonds is 5. The highest BCUT2D eigenvalue weighted by molar-refractivity contribution is 7.89. The third-order valence-electron chi connectivity index (χ3n) is 5.57. The molecule has 3 aromatic heterocycles. The SMILES string of the molecule is Cc1nn(C)c2nc(-c3ccco3)cc(C(=O)N(C)C(C)c3ccc(S(N)(=O)=O)cc3)c12. The summed E-state index contributed by atoms with van der Waals surface area (Å²) in [6.07, 6.45) is 1.55. The average molecular weight is 454 g/mol. The maximum absolute atomic E-state index is 13.6. The number of aromatic nitrogens is 3. The molecule has 0 aliphatic heterocycles. The van der Waals surface area contributed by atoms with Crippen LogP contribution < -0.4 is 5.14 Å². The fourth-order valence-electron chi connectivity index (χ4n) is 3.69. The number of nitrogens with two attached hydrogens (primary N) is 1. The Morgan fingerprint density at radius 3 is 2.50 bits per heavy atom. The number of sulfonamides is 1. The fourth-order valence-corrected chi connectivity index (χ4v) is 4.20. The standard InChI is InChI=1S/C22H23N5O4S/c1-13-20-17(12-18(19-6-5-11-31-19)24-21(20)27(4)25-13)22(28)26(3)14(2)15-7-9-16(10-8-15)32(23,29)30/h5-12,14H,1-4H3,(H2,23,29,30). The molecule has 0 aliphatic carbocycles. The summed E-state index contributed by atoms with van der Waals surface area (Å²) >= 11 is 0. The molecule has 0 spiro atoms. The molecule has 0 saturated carbocycles. The first kappa shape index (κ1) is 21.7. The highest BCUT2D eigenvalue weighted by Crippen LogP contribution is 2.30. The van der Waals surface area contributed by atoms with Crippen LogP contribution in [0.4, 0.5) is 0 Å². The van der Waals surface area contributed by atoms with Crippen LogP contribution in [0.2, 0.25) is 0 Å². The van der Waals surface area contributed by atoms with Gasteiger partial charge in [0.15, 0.2) is 11.4 Å². The van der Waals surface area contributed by atoms with E-state index >= 15 is 0 Å². The summed E-state index contributed by atoms with van der Waals surface area (Å²) in [6.45, 7) is 3.70. The monoisotopic (exact) mass is 453 g/mol.